The van der Waals surface area contributed by atoms with Gasteiger partial charge in [-0.25, -0.2) is 8.78 Å². The molecule has 0 aliphatic carbocycles. The molecule has 6 heterocycles. The SMILES string of the molecule is Fc1c(Cl)nc2c3c(nc(OCC45CCCN4C[C@H](F)C5)nc13)N1CCCCC[C@H]1CO2. The van der Waals surface area contributed by atoms with E-state index in [1.54, 1.807) is 0 Å². The molecule has 3 saturated heterocycles. The Kier molecular flexibility index (Phi) is 5.02. The Morgan fingerprint density at radius 3 is 2.97 bits per heavy atom. The zero-order valence-corrected chi connectivity index (χ0v) is 18.6. The number of halogens is 3. The van der Waals surface area contributed by atoms with Crippen molar-refractivity contribution in [3.05, 3.63) is 11.0 Å². The molecule has 4 aliphatic heterocycles. The van der Waals surface area contributed by atoms with Crippen LogP contribution in [-0.4, -0.2) is 70.5 Å². The number of hydrogen-bond donors (Lipinski definition) is 0. The third kappa shape index (κ3) is 3.27. The molecule has 0 spiro atoms. The summed E-state index contributed by atoms with van der Waals surface area (Å²) >= 11 is 6.07. The van der Waals surface area contributed by atoms with Gasteiger partial charge < -0.3 is 14.4 Å². The Hall–Kier alpha value is -2.00. The van der Waals surface area contributed by atoms with Gasteiger partial charge in [0.1, 0.15) is 36.1 Å². The second-order valence-electron chi connectivity index (χ2n) is 9.45. The van der Waals surface area contributed by atoms with Gasteiger partial charge in [-0.1, -0.05) is 24.4 Å². The summed E-state index contributed by atoms with van der Waals surface area (Å²) in [6, 6.07) is 0.207. The first-order valence-corrected chi connectivity index (χ1v) is 11.9. The van der Waals surface area contributed by atoms with Crippen molar-refractivity contribution in [3.8, 4) is 11.9 Å². The molecule has 7 nitrogen and oxygen atoms in total. The first kappa shape index (κ1) is 20.6. The smallest absolute Gasteiger partial charge is 0.319 e. The quantitative estimate of drug-likeness (QED) is 0.637. The van der Waals surface area contributed by atoms with Gasteiger partial charge in [-0.05, 0) is 32.2 Å². The third-order valence-electron chi connectivity index (χ3n) is 7.46. The summed E-state index contributed by atoms with van der Waals surface area (Å²) in [6.45, 7) is 2.83. The molecule has 0 bridgehead atoms. The largest absolute Gasteiger partial charge is 0.475 e. The first-order chi connectivity index (χ1) is 15.5. The van der Waals surface area contributed by atoms with Gasteiger partial charge in [0.05, 0.1) is 11.6 Å². The molecule has 32 heavy (non-hydrogen) atoms. The minimum absolute atomic E-state index is 0.0560. The average molecular weight is 466 g/mol. The summed E-state index contributed by atoms with van der Waals surface area (Å²) in [6.07, 6.45) is 5.72. The van der Waals surface area contributed by atoms with Gasteiger partial charge in [-0.15, -0.1) is 0 Å². The van der Waals surface area contributed by atoms with E-state index in [1.165, 1.54) is 0 Å². The molecule has 2 aromatic rings. The van der Waals surface area contributed by atoms with E-state index in [0.717, 1.165) is 51.6 Å². The molecule has 1 unspecified atom stereocenters. The van der Waals surface area contributed by atoms with E-state index in [-0.39, 0.29) is 40.7 Å². The van der Waals surface area contributed by atoms with Crippen LogP contribution in [0.2, 0.25) is 5.15 Å². The minimum atomic E-state index is -0.846. The lowest BCUT2D eigenvalue weighted by molar-refractivity contribution is 0.107. The number of ether oxygens (including phenoxy) is 2. The highest BCUT2D eigenvalue weighted by molar-refractivity contribution is 6.30. The molecule has 4 aliphatic rings. The molecule has 10 heteroatoms. The van der Waals surface area contributed by atoms with E-state index in [2.05, 4.69) is 19.8 Å². The Labute approximate surface area is 190 Å². The fourth-order valence-electron chi connectivity index (χ4n) is 5.91. The Balaban J connectivity index is 1.42. The average Bonchev–Trinajstić information content (AvgIpc) is 3.12. The number of rotatable bonds is 3. The van der Waals surface area contributed by atoms with Gasteiger partial charge in [0.15, 0.2) is 11.0 Å². The van der Waals surface area contributed by atoms with Crippen molar-refractivity contribution in [2.45, 2.75) is 62.7 Å². The van der Waals surface area contributed by atoms with Crippen LogP contribution in [0.15, 0.2) is 0 Å². The molecule has 3 atom stereocenters. The summed E-state index contributed by atoms with van der Waals surface area (Å²) < 4.78 is 41.2. The lowest BCUT2D eigenvalue weighted by atomic mass is 9.95. The minimum Gasteiger partial charge on any atom is -0.475 e. The van der Waals surface area contributed by atoms with E-state index in [0.29, 0.717) is 30.8 Å². The van der Waals surface area contributed by atoms with Gasteiger partial charge in [0.2, 0.25) is 5.88 Å². The van der Waals surface area contributed by atoms with Crippen LogP contribution in [0.25, 0.3) is 10.9 Å². The number of fused-ring (bicyclic) bond motifs is 3. The fourth-order valence-corrected chi connectivity index (χ4v) is 6.07. The molecule has 2 aromatic heterocycles. The van der Waals surface area contributed by atoms with Crippen LogP contribution in [0.5, 0.6) is 11.9 Å². The summed E-state index contributed by atoms with van der Waals surface area (Å²) in [5.74, 6) is 0.141. The van der Waals surface area contributed by atoms with Crippen LogP contribution in [-0.2, 0) is 0 Å². The summed E-state index contributed by atoms with van der Waals surface area (Å²) in [5, 5.41) is 0.158. The van der Waals surface area contributed by atoms with Gasteiger partial charge in [0, 0.05) is 19.5 Å². The van der Waals surface area contributed by atoms with Crippen LogP contribution < -0.4 is 14.4 Å². The number of nitrogens with zero attached hydrogens (tertiary/aromatic N) is 5. The maximum Gasteiger partial charge on any atom is 0.319 e. The lowest BCUT2D eigenvalue weighted by Crippen LogP contribution is -2.43. The number of aromatic nitrogens is 3. The maximum atomic E-state index is 15.1. The summed E-state index contributed by atoms with van der Waals surface area (Å²) in [7, 11) is 0. The molecule has 0 N–H and O–H groups in total. The van der Waals surface area contributed by atoms with Crippen LogP contribution in [0.1, 0.15) is 44.9 Å². The van der Waals surface area contributed by atoms with Crippen molar-refractivity contribution in [2.24, 2.45) is 0 Å². The molecule has 172 valence electrons. The van der Waals surface area contributed by atoms with Gasteiger partial charge in [-0.3, -0.25) is 4.90 Å². The highest BCUT2D eigenvalue weighted by Crippen LogP contribution is 2.42. The Morgan fingerprint density at radius 1 is 1.16 bits per heavy atom. The van der Waals surface area contributed by atoms with Gasteiger partial charge in [0.25, 0.3) is 0 Å². The molecule has 6 rings (SSSR count). The molecule has 0 aromatic carbocycles. The van der Waals surface area contributed by atoms with Gasteiger partial charge >= 0.3 is 6.01 Å². The third-order valence-corrected chi connectivity index (χ3v) is 7.71. The second kappa shape index (κ2) is 7.80. The normalized spacial score (nSPS) is 29.9. The van der Waals surface area contributed by atoms with E-state index in [4.69, 9.17) is 26.1 Å². The second-order valence-corrected chi connectivity index (χ2v) is 9.80. The molecule has 0 amide bonds. The Bertz CT molecular complexity index is 1060. The van der Waals surface area contributed by atoms with Crippen molar-refractivity contribution in [3.63, 3.8) is 0 Å². The highest BCUT2D eigenvalue weighted by Gasteiger charge is 2.49. The van der Waals surface area contributed by atoms with Crippen molar-refractivity contribution in [1.29, 1.82) is 0 Å². The Morgan fingerprint density at radius 2 is 2.06 bits per heavy atom. The van der Waals surface area contributed by atoms with E-state index >= 15 is 4.39 Å². The standard InChI is InChI=1S/C22H26ClF2N5O2/c23-18-16(25)17-15-19(30-8-3-1-2-5-14(30)11-31-20(15)27-18)28-21(26-17)32-12-22-6-4-7-29(22)10-13(24)9-22/h13-14H,1-12H2/t13-,14+,22?/m1/s1. The van der Waals surface area contributed by atoms with Crippen molar-refractivity contribution in [2.75, 3.05) is 37.7 Å². The molecular formula is C22H26ClF2N5O2. The monoisotopic (exact) mass is 465 g/mol. The van der Waals surface area contributed by atoms with Crippen molar-refractivity contribution < 1.29 is 18.3 Å². The number of alkyl halides is 1. The zero-order chi connectivity index (χ0) is 21.9. The number of anilines is 1. The lowest BCUT2D eigenvalue weighted by Gasteiger charge is -2.31. The van der Waals surface area contributed by atoms with Crippen LogP contribution in [0.3, 0.4) is 0 Å². The van der Waals surface area contributed by atoms with E-state index in [9.17, 15) is 4.39 Å². The molecule has 0 radical (unpaired) electrons. The molecule has 0 saturated carbocycles. The number of pyridine rings is 1. The fraction of sp³-hybridized carbons (Fsp3) is 0.682. The van der Waals surface area contributed by atoms with Crippen molar-refractivity contribution >= 4 is 28.3 Å². The van der Waals surface area contributed by atoms with Gasteiger partial charge in [-0.2, -0.15) is 15.0 Å². The van der Waals surface area contributed by atoms with E-state index < -0.39 is 12.0 Å². The summed E-state index contributed by atoms with van der Waals surface area (Å²) in [5.41, 5.74) is -0.278. The predicted octanol–water partition coefficient (Wildman–Crippen LogP) is 3.91. The first-order valence-electron chi connectivity index (χ1n) is 11.5. The highest BCUT2D eigenvalue weighted by atomic mass is 35.5. The molecule has 3 fully saturated rings. The van der Waals surface area contributed by atoms with Crippen molar-refractivity contribution in [1.82, 2.24) is 19.9 Å². The van der Waals surface area contributed by atoms with Crippen LogP contribution in [0, 0.1) is 5.82 Å². The maximum absolute atomic E-state index is 15.1. The number of hydrogen-bond acceptors (Lipinski definition) is 7. The zero-order valence-electron chi connectivity index (χ0n) is 17.8. The molecular weight excluding hydrogens is 440 g/mol. The van der Waals surface area contributed by atoms with Crippen LogP contribution in [0.4, 0.5) is 14.6 Å². The van der Waals surface area contributed by atoms with E-state index in [1.807, 2.05) is 0 Å². The van der Waals surface area contributed by atoms with Crippen LogP contribution >= 0.6 is 11.6 Å². The summed E-state index contributed by atoms with van der Waals surface area (Å²) in [4.78, 5) is 17.6. The predicted molar refractivity (Wildman–Crippen MR) is 116 cm³/mol. The topological polar surface area (TPSA) is 63.6 Å².